The second kappa shape index (κ2) is 7.97. The predicted octanol–water partition coefficient (Wildman–Crippen LogP) is 2.85. The van der Waals surface area contributed by atoms with Crippen molar-refractivity contribution in [3.63, 3.8) is 0 Å². The molecule has 0 saturated carbocycles. The summed E-state index contributed by atoms with van der Waals surface area (Å²) in [4.78, 5) is 14.5. The normalized spacial score (nSPS) is 22.6. The molecule has 0 spiro atoms. The third-order valence-electron chi connectivity index (χ3n) is 4.77. The van der Waals surface area contributed by atoms with Gasteiger partial charge < -0.3 is 14.7 Å². The van der Waals surface area contributed by atoms with Crippen molar-refractivity contribution < 1.29 is 9.32 Å². The molecule has 3 heterocycles. The number of carbonyl (C=O) groups is 1. The van der Waals surface area contributed by atoms with Crippen LogP contribution in [0.4, 0.5) is 0 Å². The second-order valence-electron chi connectivity index (χ2n) is 6.35. The molecular weight excluding hydrogens is 302 g/mol. The Balaban J connectivity index is 0.00000176. The maximum Gasteiger partial charge on any atom is 0.223 e. The summed E-state index contributed by atoms with van der Waals surface area (Å²) >= 11 is 0. The summed E-state index contributed by atoms with van der Waals surface area (Å²) in [6.07, 6.45) is 6.17. The summed E-state index contributed by atoms with van der Waals surface area (Å²) in [5, 5.41) is 7.33. The van der Waals surface area contributed by atoms with Gasteiger partial charge in [0, 0.05) is 19.0 Å². The fraction of sp³-hybridized carbons (Fsp3) is 0.750. The lowest BCUT2D eigenvalue weighted by molar-refractivity contribution is -0.132. The van der Waals surface area contributed by atoms with Gasteiger partial charge in [-0.25, -0.2) is 0 Å². The first-order valence-electron chi connectivity index (χ1n) is 8.17. The van der Waals surface area contributed by atoms with E-state index in [4.69, 9.17) is 4.52 Å². The van der Waals surface area contributed by atoms with Crippen LogP contribution in [0, 0.1) is 12.8 Å². The number of hydrogen-bond donors (Lipinski definition) is 1. The number of piperidine rings is 1. The first-order chi connectivity index (χ1) is 10.2. The summed E-state index contributed by atoms with van der Waals surface area (Å²) < 4.78 is 5.37. The molecule has 2 saturated heterocycles. The first kappa shape index (κ1) is 17.3. The number of amides is 1. The molecule has 0 radical (unpaired) electrons. The van der Waals surface area contributed by atoms with Crippen molar-refractivity contribution in [3.05, 3.63) is 17.5 Å². The number of aryl methyl sites for hydroxylation is 1. The SMILES string of the molecule is Cc1cc(C2CCCN2C(=O)CCC2CCNCC2)on1.Cl. The zero-order valence-electron chi connectivity index (χ0n) is 13.2. The molecule has 1 aromatic rings. The first-order valence-corrected chi connectivity index (χ1v) is 8.17. The highest BCUT2D eigenvalue weighted by Crippen LogP contribution is 2.33. The van der Waals surface area contributed by atoms with Gasteiger partial charge in [0.15, 0.2) is 5.76 Å². The van der Waals surface area contributed by atoms with Crippen molar-refractivity contribution in [1.29, 1.82) is 0 Å². The lowest BCUT2D eigenvalue weighted by Gasteiger charge is -2.25. The van der Waals surface area contributed by atoms with E-state index >= 15 is 0 Å². The number of hydrogen-bond acceptors (Lipinski definition) is 4. The Hall–Kier alpha value is -1.07. The van der Waals surface area contributed by atoms with Gasteiger partial charge in [-0.3, -0.25) is 4.79 Å². The molecule has 1 unspecified atom stereocenters. The van der Waals surface area contributed by atoms with Crippen molar-refractivity contribution >= 4 is 18.3 Å². The quantitative estimate of drug-likeness (QED) is 0.923. The molecule has 1 atom stereocenters. The van der Waals surface area contributed by atoms with Gasteiger partial charge in [0.2, 0.25) is 5.91 Å². The van der Waals surface area contributed by atoms with E-state index in [0.717, 1.165) is 50.4 Å². The monoisotopic (exact) mass is 327 g/mol. The minimum atomic E-state index is 0. The van der Waals surface area contributed by atoms with Crippen LogP contribution in [0.15, 0.2) is 10.6 Å². The molecule has 3 rings (SSSR count). The van der Waals surface area contributed by atoms with Gasteiger partial charge >= 0.3 is 0 Å². The Bertz CT molecular complexity index is 485. The average Bonchev–Trinajstić information content (AvgIpc) is 3.14. The topological polar surface area (TPSA) is 58.4 Å². The number of nitrogens with zero attached hydrogens (tertiary/aromatic N) is 2. The lowest BCUT2D eigenvalue weighted by Crippen LogP contribution is -2.32. The van der Waals surface area contributed by atoms with Crippen molar-refractivity contribution in [2.24, 2.45) is 5.92 Å². The van der Waals surface area contributed by atoms with E-state index in [-0.39, 0.29) is 24.4 Å². The van der Waals surface area contributed by atoms with Gasteiger partial charge in [-0.2, -0.15) is 0 Å². The van der Waals surface area contributed by atoms with E-state index in [9.17, 15) is 4.79 Å². The molecule has 124 valence electrons. The molecular formula is C16H26ClN3O2. The molecule has 2 aliphatic rings. The molecule has 6 heteroatoms. The molecule has 1 amide bonds. The summed E-state index contributed by atoms with van der Waals surface area (Å²) in [6, 6.07) is 2.06. The number of nitrogens with one attached hydrogen (secondary N) is 1. The maximum absolute atomic E-state index is 12.5. The Morgan fingerprint density at radius 1 is 1.41 bits per heavy atom. The van der Waals surface area contributed by atoms with Crippen LogP contribution in [-0.2, 0) is 4.79 Å². The predicted molar refractivity (Wildman–Crippen MR) is 87.0 cm³/mol. The zero-order valence-corrected chi connectivity index (χ0v) is 14.0. The van der Waals surface area contributed by atoms with Crippen molar-refractivity contribution in [3.8, 4) is 0 Å². The number of aromatic nitrogens is 1. The van der Waals surface area contributed by atoms with E-state index in [2.05, 4.69) is 10.5 Å². The van der Waals surface area contributed by atoms with Gasteiger partial charge in [0.25, 0.3) is 0 Å². The molecule has 1 aromatic heterocycles. The van der Waals surface area contributed by atoms with Crippen molar-refractivity contribution in [2.75, 3.05) is 19.6 Å². The Labute approximate surface area is 138 Å². The summed E-state index contributed by atoms with van der Waals surface area (Å²) in [5.41, 5.74) is 0.888. The van der Waals surface area contributed by atoms with E-state index in [1.54, 1.807) is 0 Å². The molecule has 22 heavy (non-hydrogen) atoms. The van der Waals surface area contributed by atoms with Crippen LogP contribution in [-0.4, -0.2) is 35.6 Å². The van der Waals surface area contributed by atoms with Crippen LogP contribution in [0.5, 0.6) is 0 Å². The fourth-order valence-electron chi connectivity index (χ4n) is 3.54. The Morgan fingerprint density at radius 2 is 2.18 bits per heavy atom. The van der Waals surface area contributed by atoms with Crippen LogP contribution in [0.3, 0.4) is 0 Å². The molecule has 2 aliphatic heterocycles. The summed E-state index contributed by atoms with van der Waals surface area (Å²) in [7, 11) is 0. The number of likely N-dealkylation sites (tertiary alicyclic amines) is 1. The van der Waals surface area contributed by atoms with Crippen molar-refractivity contribution in [1.82, 2.24) is 15.4 Å². The van der Waals surface area contributed by atoms with E-state index in [1.165, 1.54) is 12.8 Å². The van der Waals surface area contributed by atoms with E-state index in [0.29, 0.717) is 12.3 Å². The van der Waals surface area contributed by atoms with E-state index < -0.39 is 0 Å². The van der Waals surface area contributed by atoms with Crippen LogP contribution in [0.2, 0.25) is 0 Å². The largest absolute Gasteiger partial charge is 0.359 e. The lowest BCUT2D eigenvalue weighted by atomic mass is 9.93. The van der Waals surface area contributed by atoms with Gasteiger partial charge in [0.1, 0.15) is 0 Å². The Morgan fingerprint density at radius 3 is 2.86 bits per heavy atom. The number of carbonyl (C=O) groups excluding carboxylic acids is 1. The highest BCUT2D eigenvalue weighted by molar-refractivity contribution is 5.85. The average molecular weight is 328 g/mol. The zero-order chi connectivity index (χ0) is 14.7. The summed E-state index contributed by atoms with van der Waals surface area (Å²) in [5.74, 6) is 1.84. The third-order valence-corrected chi connectivity index (χ3v) is 4.77. The van der Waals surface area contributed by atoms with Crippen LogP contribution in [0.1, 0.15) is 56.0 Å². The second-order valence-corrected chi connectivity index (χ2v) is 6.35. The standard InChI is InChI=1S/C16H25N3O2.ClH/c1-12-11-15(21-18-12)14-3-2-10-19(14)16(20)5-4-13-6-8-17-9-7-13;/h11,13-14,17H,2-10H2,1H3;1H. The van der Waals surface area contributed by atoms with E-state index in [1.807, 2.05) is 17.9 Å². The van der Waals surface area contributed by atoms with Crippen LogP contribution >= 0.6 is 12.4 Å². The molecule has 0 aliphatic carbocycles. The van der Waals surface area contributed by atoms with Crippen LogP contribution < -0.4 is 5.32 Å². The summed E-state index contributed by atoms with van der Waals surface area (Å²) in [6.45, 7) is 4.98. The Kier molecular flexibility index (Phi) is 6.26. The smallest absolute Gasteiger partial charge is 0.223 e. The van der Waals surface area contributed by atoms with Crippen LogP contribution in [0.25, 0.3) is 0 Å². The molecule has 5 nitrogen and oxygen atoms in total. The van der Waals surface area contributed by atoms with Gasteiger partial charge in [-0.15, -0.1) is 12.4 Å². The molecule has 1 N–H and O–H groups in total. The van der Waals surface area contributed by atoms with Crippen molar-refractivity contribution in [2.45, 2.75) is 51.5 Å². The van der Waals surface area contributed by atoms with Gasteiger partial charge in [0.05, 0.1) is 11.7 Å². The fourth-order valence-corrected chi connectivity index (χ4v) is 3.54. The minimum absolute atomic E-state index is 0. The molecule has 2 fully saturated rings. The minimum Gasteiger partial charge on any atom is -0.359 e. The highest BCUT2D eigenvalue weighted by Gasteiger charge is 2.32. The molecule has 0 aromatic carbocycles. The third kappa shape index (κ3) is 4.02. The number of rotatable bonds is 4. The molecule has 0 bridgehead atoms. The van der Waals surface area contributed by atoms with Gasteiger partial charge in [-0.05, 0) is 58.0 Å². The number of halogens is 1. The maximum atomic E-state index is 12.5. The van der Waals surface area contributed by atoms with Gasteiger partial charge in [-0.1, -0.05) is 5.16 Å². The highest BCUT2D eigenvalue weighted by atomic mass is 35.5.